The first-order valence-corrected chi connectivity index (χ1v) is 20.5. The molecule has 0 fully saturated rings. The smallest absolute Gasteiger partial charge is 0.171 e. The van der Waals surface area contributed by atoms with Gasteiger partial charge in [-0.15, -0.1) is 0 Å². The summed E-state index contributed by atoms with van der Waals surface area (Å²) in [5.74, 6) is 0. The monoisotopic (exact) mass is 662 g/mol. The molecule has 2 radical (unpaired) electrons. The van der Waals surface area contributed by atoms with E-state index in [9.17, 15) is 9.13 Å². The Balaban J connectivity index is 0.000000152. The van der Waals surface area contributed by atoms with Crippen molar-refractivity contribution in [3.63, 3.8) is 0 Å². The van der Waals surface area contributed by atoms with Crippen LogP contribution in [0.1, 0.15) is 47.9 Å². The summed E-state index contributed by atoms with van der Waals surface area (Å²) in [5, 5.41) is 5.18. The molecule has 2 nitrogen and oxygen atoms in total. The SMILES string of the molecule is O=P(c1[c]c2c(cc1)CCCC2)(c1ccccc1)c1ccccc1.O=P(c1[c]c2c(cc1)CCCC2)(c1ccccc1)c1ccccc1. The molecule has 0 unspecified atom stereocenters. The minimum Gasteiger partial charge on any atom is -0.309 e. The van der Waals surface area contributed by atoms with E-state index in [2.05, 4.69) is 24.3 Å². The Morgan fingerprint density at radius 3 is 0.958 bits per heavy atom. The summed E-state index contributed by atoms with van der Waals surface area (Å²) in [6, 6.07) is 54.8. The van der Waals surface area contributed by atoms with E-state index in [4.69, 9.17) is 0 Å². The number of benzene rings is 6. The topological polar surface area (TPSA) is 34.1 Å². The van der Waals surface area contributed by atoms with Crippen LogP contribution in [-0.2, 0) is 34.8 Å². The fourth-order valence-corrected chi connectivity index (χ4v) is 12.3. The highest BCUT2D eigenvalue weighted by Gasteiger charge is 2.32. The van der Waals surface area contributed by atoms with Crippen molar-refractivity contribution in [1.82, 2.24) is 0 Å². The second-order valence-electron chi connectivity index (χ2n) is 12.7. The van der Waals surface area contributed by atoms with Crippen molar-refractivity contribution in [3.8, 4) is 0 Å². The van der Waals surface area contributed by atoms with Crippen LogP contribution in [0, 0.1) is 12.1 Å². The van der Waals surface area contributed by atoms with E-state index >= 15 is 0 Å². The molecule has 0 N–H and O–H groups in total. The quantitative estimate of drug-likeness (QED) is 0.170. The summed E-state index contributed by atoms with van der Waals surface area (Å²) in [4.78, 5) is 0. The van der Waals surface area contributed by atoms with E-state index < -0.39 is 14.3 Å². The summed E-state index contributed by atoms with van der Waals surface area (Å²) >= 11 is 0. The molecule has 0 spiro atoms. The van der Waals surface area contributed by atoms with Gasteiger partial charge < -0.3 is 9.13 Å². The van der Waals surface area contributed by atoms with Crippen LogP contribution in [0.5, 0.6) is 0 Å². The minimum absolute atomic E-state index is 0.834. The second-order valence-corrected chi connectivity index (χ2v) is 18.1. The molecule has 0 atom stereocenters. The minimum atomic E-state index is -2.88. The molecule has 0 saturated carbocycles. The Morgan fingerprint density at radius 1 is 0.354 bits per heavy atom. The van der Waals surface area contributed by atoms with Crippen molar-refractivity contribution in [2.45, 2.75) is 51.4 Å². The molecule has 48 heavy (non-hydrogen) atoms. The predicted octanol–water partition coefficient (Wildman–Crippen LogP) is 8.01. The molecule has 0 saturated heterocycles. The zero-order valence-corrected chi connectivity index (χ0v) is 29.0. The van der Waals surface area contributed by atoms with E-state index in [1.165, 1.54) is 47.9 Å². The van der Waals surface area contributed by atoms with Crippen molar-refractivity contribution in [1.29, 1.82) is 0 Å². The third kappa shape index (κ3) is 6.45. The molecule has 0 aliphatic heterocycles. The molecule has 6 aromatic carbocycles. The summed E-state index contributed by atoms with van der Waals surface area (Å²) in [6.07, 6.45) is 9.23. The lowest BCUT2D eigenvalue weighted by molar-refractivity contribution is 0.591. The van der Waals surface area contributed by atoms with Crippen LogP contribution in [0.3, 0.4) is 0 Å². The van der Waals surface area contributed by atoms with Crippen LogP contribution in [0.4, 0.5) is 0 Å². The molecule has 0 aromatic heterocycles. The number of rotatable bonds is 6. The van der Waals surface area contributed by atoms with Crippen molar-refractivity contribution >= 4 is 46.1 Å². The van der Waals surface area contributed by atoms with Crippen LogP contribution in [0.25, 0.3) is 0 Å². The van der Waals surface area contributed by atoms with Gasteiger partial charge in [0.25, 0.3) is 0 Å². The lowest BCUT2D eigenvalue weighted by Gasteiger charge is -2.22. The Kier molecular flexibility index (Phi) is 9.76. The molecule has 8 rings (SSSR count). The van der Waals surface area contributed by atoms with Gasteiger partial charge in [-0.05, 0) is 97.9 Å². The highest BCUT2D eigenvalue weighted by molar-refractivity contribution is 7.85. The summed E-state index contributed by atoms with van der Waals surface area (Å²) in [5.41, 5.74) is 5.26. The van der Waals surface area contributed by atoms with Crippen molar-refractivity contribution in [2.75, 3.05) is 0 Å². The molecule has 0 amide bonds. The molecular weight excluding hydrogens is 622 g/mol. The predicted molar refractivity (Wildman–Crippen MR) is 203 cm³/mol. The normalized spacial score (nSPS) is 14.2. The van der Waals surface area contributed by atoms with Crippen molar-refractivity contribution in [3.05, 3.63) is 180 Å². The molecule has 238 valence electrons. The van der Waals surface area contributed by atoms with Gasteiger partial charge in [-0.2, -0.15) is 0 Å². The van der Waals surface area contributed by atoms with E-state index in [1.54, 1.807) is 0 Å². The van der Waals surface area contributed by atoms with E-state index in [0.717, 1.165) is 57.5 Å². The summed E-state index contributed by atoms with van der Waals surface area (Å²) in [7, 11) is -5.76. The largest absolute Gasteiger partial charge is 0.309 e. The maximum Gasteiger partial charge on any atom is 0.171 e. The number of aryl methyl sites for hydroxylation is 4. The first-order chi connectivity index (χ1) is 23.6. The van der Waals surface area contributed by atoms with Gasteiger partial charge in [0.1, 0.15) is 0 Å². The zero-order valence-electron chi connectivity index (χ0n) is 27.2. The van der Waals surface area contributed by atoms with Crippen molar-refractivity contribution < 1.29 is 9.13 Å². The highest BCUT2D eigenvalue weighted by Crippen LogP contribution is 2.44. The average molecular weight is 663 g/mol. The van der Waals surface area contributed by atoms with E-state index in [1.807, 2.05) is 133 Å². The van der Waals surface area contributed by atoms with Crippen LogP contribution in [0.2, 0.25) is 0 Å². The van der Waals surface area contributed by atoms with Crippen LogP contribution in [-0.4, -0.2) is 0 Å². The third-order valence-corrected chi connectivity index (χ3v) is 15.6. The summed E-state index contributed by atoms with van der Waals surface area (Å²) < 4.78 is 28.5. The third-order valence-electron chi connectivity index (χ3n) is 9.62. The van der Waals surface area contributed by atoms with Gasteiger partial charge in [0, 0.05) is 31.8 Å². The van der Waals surface area contributed by atoms with Gasteiger partial charge in [-0.1, -0.05) is 133 Å². The fraction of sp³-hybridized carbons (Fsp3) is 0.182. The first-order valence-electron chi connectivity index (χ1n) is 17.1. The lowest BCUT2D eigenvalue weighted by atomic mass is 9.92. The van der Waals surface area contributed by atoms with Gasteiger partial charge in [0.15, 0.2) is 14.3 Å². The molecule has 0 heterocycles. The van der Waals surface area contributed by atoms with Gasteiger partial charge in [-0.3, -0.25) is 0 Å². The number of hydrogen-bond acceptors (Lipinski definition) is 2. The van der Waals surface area contributed by atoms with Crippen molar-refractivity contribution in [2.24, 2.45) is 0 Å². The van der Waals surface area contributed by atoms with Gasteiger partial charge in [0.2, 0.25) is 0 Å². The van der Waals surface area contributed by atoms with Gasteiger partial charge >= 0.3 is 0 Å². The standard InChI is InChI=1S/2C22H20OP/c2*23-24(20-11-3-1-4-12-20,21-13-5-2-6-14-21)22-16-15-18-9-7-8-10-19(18)17-22/h2*1-6,11-16H,7-10H2. The Labute approximate surface area is 285 Å². The fourth-order valence-electron chi connectivity index (χ4n) is 7.04. The Bertz CT molecular complexity index is 1830. The molecule has 4 heteroatoms. The van der Waals surface area contributed by atoms with E-state index in [-0.39, 0.29) is 0 Å². The molecule has 2 aliphatic rings. The average Bonchev–Trinajstić information content (AvgIpc) is 3.18. The molecule has 2 aliphatic carbocycles. The second kappa shape index (κ2) is 14.5. The highest BCUT2D eigenvalue weighted by atomic mass is 31.2. The van der Waals surface area contributed by atoms with Gasteiger partial charge in [-0.25, -0.2) is 0 Å². The van der Waals surface area contributed by atoms with Gasteiger partial charge in [0.05, 0.1) is 0 Å². The Morgan fingerprint density at radius 2 is 0.646 bits per heavy atom. The number of fused-ring (bicyclic) bond motifs is 2. The molecular formula is C44H40O2P2. The Hall–Kier alpha value is -4.22. The van der Waals surface area contributed by atoms with Crippen LogP contribution < -0.4 is 31.8 Å². The number of hydrogen-bond donors (Lipinski definition) is 0. The molecule has 6 aromatic rings. The lowest BCUT2D eigenvalue weighted by Crippen LogP contribution is -2.26. The summed E-state index contributed by atoms with van der Waals surface area (Å²) in [6.45, 7) is 0. The first kappa shape index (κ1) is 32.3. The van der Waals surface area contributed by atoms with Crippen LogP contribution in [0.15, 0.2) is 146 Å². The maximum atomic E-state index is 14.3. The maximum absolute atomic E-state index is 14.3. The zero-order chi connectivity index (χ0) is 32.8. The van der Waals surface area contributed by atoms with Crippen LogP contribution >= 0.6 is 14.3 Å². The van der Waals surface area contributed by atoms with E-state index in [0.29, 0.717) is 0 Å². The molecule has 0 bridgehead atoms.